The fraction of sp³-hybridized carbons (Fsp3) is 0.562. The minimum Gasteiger partial charge on any atom is -0.335 e. The minimum atomic E-state index is 0.274. The second kappa shape index (κ2) is 6.15. The summed E-state index contributed by atoms with van der Waals surface area (Å²) in [5.41, 5.74) is 1.16. The van der Waals surface area contributed by atoms with E-state index in [2.05, 4.69) is 5.32 Å². The van der Waals surface area contributed by atoms with E-state index in [1.165, 1.54) is 12.8 Å². The van der Waals surface area contributed by atoms with Crippen molar-refractivity contribution in [3.05, 3.63) is 34.9 Å². The number of carbonyl (C=O) groups excluding carboxylic acids is 1. The number of carbonyl (C=O) groups is 1. The van der Waals surface area contributed by atoms with Crippen LogP contribution in [0.5, 0.6) is 0 Å². The molecule has 0 radical (unpaired) electrons. The van der Waals surface area contributed by atoms with Gasteiger partial charge in [-0.1, -0.05) is 23.7 Å². The summed E-state index contributed by atoms with van der Waals surface area (Å²) in [4.78, 5) is 14.4. The van der Waals surface area contributed by atoms with E-state index in [0.717, 1.165) is 30.0 Å². The van der Waals surface area contributed by atoms with Crippen LogP contribution in [0.3, 0.4) is 0 Å². The Kier molecular flexibility index (Phi) is 4.27. The van der Waals surface area contributed by atoms with Crippen LogP contribution >= 0.6 is 11.6 Å². The Labute approximate surface area is 125 Å². The molecular weight excluding hydrogens is 272 g/mol. The molecule has 1 N–H and O–H groups in total. The second-order valence-corrected chi connectivity index (χ2v) is 6.29. The maximum atomic E-state index is 12.4. The van der Waals surface area contributed by atoms with Gasteiger partial charge in [0.25, 0.3) is 0 Å². The highest BCUT2D eigenvalue weighted by Crippen LogP contribution is 2.29. The van der Waals surface area contributed by atoms with Crippen molar-refractivity contribution in [3.8, 4) is 0 Å². The lowest BCUT2D eigenvalue weighted by Gasteiger charge is -2.23. The zero-order chi connectivity index (χ0) is 13.9. The summed E-state index contributed by atoms with van der Waals surface area (Å²) < 4.78 is 0. The molecule has 0 heterocycles. The van der Waals surface area contributed by atoms with Gasteiger partial charge in [-0.05, 0) is 43.4 Å². The van der Waals surface area contributed by atoms with Gasteiger partial charge in [-0.15, -0.1) is 0 Å². The van der Waals surface area contributed by atoms with Gasteiger partial charge in [0.15, 0.2) is 0 Å². The first-order chi connectivity index (χ1) is 9.72. The molecule has 3 rings (SSSR count). The Balaban J connectivity index is 1.53. The van der Waals surface area contributed by atoms with Crippen molar-refractivity contribution in [2.24, 2.45) is 0 Å². The van der Waals surface area contributed by atoms with E-state index >= 15 is 0 Å². The molecule has 2 aliphatic carbocycles. The maximum absolute atomic E-state index is 12.4. The van der Waals surface area contributed by atoms with Crippen LogP contribution in [0.4, 0.5) is 0 Å². The van der Waals surface area contributed by atoms with E-state index in [0.29, 0.717) is 25.0 Å². The topological polar surface area (TPSA) is 32.3 Å². The third-order valence-corrected chi connectivity index (χ3v) is 4.18. The lowest BCUT2D eigenvalue weighted by molar-refractivity contribution is -0.132. The number of rotatable bonds is 7. The monoisotopic (exact) mass is 292 g/mol. The molecule has 2 aliphatic rings. The third kappa shape index (κ3) is 3.97. The summed E-state index contributed by atoms with van der Waals surface area (Å²) in [6, 6.07) is 8.93. The van der Waals surface area contributed by atoms with Crippen LogP contribution in [-0.4, -0.2) is 29.4 Å². The van der Waals surface area contributed by atoms with E-state index in [1.807, 2.05) is 29.2 Å². The average molecular weight is 293 g/mol. The Morgan fingerprint density at radius 2 is 1.90 bits per heavy atom. The summed E-state index contributed by atoms with van der Waals surface area (Å²) >= 11 is 5.90. The first-order valence-electron chi connectivity index (χ1n) is 7.49. The van der Waals surface area contributed by atoms with Crippen LogP contribution in [0.15, 0.2) is 24.3 Å². The van der Waals surface area contributed by atoms with Gasteiger partial charge in [0.2, 0.25) is 5.91 Å². The average Bonchev–Trinajstić information content (AvgIpc) is 3.31. The molecule has 1 aromatic carbocycles. The van der Waals surface area contributed by atoms with Gasteiger partial charge in [0, 0.05) is 36.6 Å². The summed E-state index contributed by atoms with van der Waals surface area (Å²) in [5.74, 6) is 0.274. The Morgan fingerprint density at radius 1 is 1.20 bits per heavy atom. The smallest absolute Gasteiger partial charge is 0.224 e. The molecule has 1 amide bonds. The third-order valence-electron chi connectivity index (χ3n) is 3.92. The van der Waals surface area contributed by atoms with Gasteiger partial charge in [0.1, 0.15) is 0 Å². The lowest BCUT2D eigenvalue weighted by atomic mass is 10.2. The fourth-order valence-electron chi connectivity index (χ4n) is 2.41. The van der Waals surface area contributed by atoms with Crippen molar-refractivity contribution in [1.29, 1.82) is 0 Å². The molecule has 108 valence electrons. The molecule has 4 heteroatoms. The molecule has 0 atom stereocenters. The molecule has 3 nitrogen and oxygen atoms in total. The zero-order valence-corrected chi connectivity index (χ0v) is 12.4. The molecule has 1 aromatic rings. The molecule has 0 aliphatic heterocycles. The molecule has 0 unspecified atom stereocenters. The molecule has 0 bridgehead atoms. The summed E-state index contributed by atoms with van der Waals surface area (Å²) in [6.45, 7) is 1.53. The second-order valence-electron chi connectivity index (χ2n) is 5.86. The van der Waals surface area contributed by atoms with Crippen LogP contribution < -0.4 is 5.32 Å². The summed E-state index contributed by atoms with van der Waals surface area (Å²) in [5, 5.41) is 4.15. The molecule has 2 saturated carbocycles. The van der Waals surface area contributed by atoms with Crippen molar-refractivity contribution in [2.45, 2.75) is 50.7 Å². The highest BCUT2D eigenvalue weighted by molar-refractivity contribution is 6.30. The fourth-order valence-corrected chi connectivity index (χ4v) is 2.53. The Morgan fingerprint density at radius 3 is 2.50 bits per heavy atom. The number of hydrogen-bond donors (Lipinski definition) is 1. The largest absolute Gasteiger partial charge is 0.335 e. The molecule has 20 heavy (non-hydrogen) atoms. The van der Waals surface area contributed by atoms with Crippen LogP contribution in [0, 0.1) is 0 Å². The van der Waals surface area contributed by atoms with Crippen molar-refractivity contribution in [1.82, 2.24) is 10.2 Å². The predicted molar refractivity (Wildman–Crippen MR) is 80.7 cm³/mol. The van der Waals surface area contributed by atoms with Gasteiger partial charge in [0.05, 0.1) is 0 Å². The van der Waals surface area contributed by atoms with E-state index in [-0.39, 0.29) is 5.91 Å². The number of benzene rings is 1. The first-order valence-corrected chi connectivity index (χ1v) is 7.87. The quantitative estimate of drug-likeness (QED) is 0.838. The van der Waals surface area contributed by atoms with Gasteiger partial charge < -0.3 is 10.2 Å². The molecule has 0 spiro atoms. The lowest BCUT2D eigenvalue weighted by Crippen LogP contribution is -2.34. The number of halogens is 1. The normalized spacial score (nSPS) is 18.1. The van der Waals surface area contributed by atoms with Gasteiger partial charge in [-0.25, -0.2) is 0 Å². The predicted octanol–water partition coefficient (Wildman–Crippen LogP) is 2.97. The van der Waals surface area contributed by atoms with E-state index in [4.69, 9.17) is 11.6 Å². The molecule has 2 fully saturated rings. The Hall–Kier alpha value is -1.06. The van der Waals surface area contributed by atoms with Crippen LogP contribution in [-0.2, 0) is 11.3 Å². The highest BCUT2D eigenvalue weighted by Gasteiger charge is 2.32. The number of nitrogens with one attached hydrogen (secondary N) is 1. The van der Waals surface area contributed by atoms with Crippen molar-refractivity contribution in [2.75, 3.05) is 6.54 Å². The molecule has 0 saturated heterocycles. The minimum absolute atomic E-state index is 0.274. The Bertz CT molecular complexity index is 466. The van der Waals surface area contributed by atoms with Crippen LogP contribution in [0.25, 0.3) is 0 Å². The SMILES string of the molecule is O=C(CCNC1CC1)N(Cc1ccc(Cl)cc1)C1CC1. The van der Waals surface area contributed by atoms with E-state index in [9.17, 15) is 4.79 Å². The van der Waals surface area contributed by atoms with Crippen molar-refractivity contribution in [3.63, 3.8) is 0 Å². The first kappa shape index (κ1) is 13.9. The highest BCUT2D eigenvalue weighted by atomic mass is 35.5. The zero-order valence-electron chi connectivity index (χ0n) is 11.6. The maximum Gasteiger partial charge on any atom is 0.224 e. The van der Waals surface area contributed by atoms with Gasteiger partial charge in [-0.2, -0.15) is 0 Å². The van der Waals surface area contributed by atoms with E-state index in [1.54, 1.807) is 0 Å². The molecule has 0 aromatic heterocycles. The van der Waals surface area contributed by atoms with Gasteiger partial charge in [-0.3, -0.25) is 4.79 Å². The summed E-state index contributed by atoms with van der Waals surface area (Å²) in [7, 11) is 0. The van der Waals surface area contributed by atoms with Gasteiger partial charge >= 0.3 is 0 Å². The number of amides is 1. The standard InChI is InChI=1S/C16H21ClN2O/c17-13-3-1-12(2-4-13)11-19(15-7-8-15)16(20)9-10-18-14-5-6-14/h1-4,14-15,18H,5-11H2. The van der Waals surface area contributed by atoms with E-state index < -0.39 is 0 Å². The number of hydrogen-bond acceptors (Lipinski definition) is 2. The number of nitrogens with zero attached hydrogens (tertiary/aromatic N) is 1. The van der Waals surface area contributed by atoms with Crippen LogP contribution in [0.1, 0.15) is 37.7 Å². The van der Waals surface area contributed by atoms with Crippen molar-refractivity contribution >= 4 is 17.5 Å². The van der Waals surface area contributed by atoms with Crippen LogP contribution in [0.2, 0.25) is 5.02 Å². The summed E-state index contributed by atoms with van der Waals surface area (Å²) in [6.07, 6.45) is 5.45. The molecular formula is C16H21ClN2O. The van der Waals surface area contributed by atoms with Crippen molar-refractivity contribution < 1.29 is 4.79 Å².